The van der Waals surface area contributed by atoms with Gasteiger partial charge in [0.2, 0.25) is 0 Å². The molecule has 0 saturated heterocycles. The summed E-state index contributed by atoms with van der Waals surface area (Å²) in [5, 5.41) is 0.403. The van der Waals surface area contributed by atoms with E-state index >= 15 is 0 Å². The number of hydrogen-bond acceptors (Lipinski definition) is 5. The minimum Gasteiger partial charge on any atom is -0.487 e. The zero-order valence-electron chi connectivity index (χ0n) is 19.2. The van der Waals surface area contributed by atoms with Crippen molar-refractivity contribution in [2.45, 2.75) is 32.9 Å². The number of carbonyl (C=O) groups is 1. The van der Waals surface area contributed by atoms with E-state index < -0.39 is 17.6 Å². The standard InChI is InChI=1S/C27H24F2N2O4/c1-2-34-26(33)16-31-20(10-9-18-6-5-8-23(28)27(18)29)14-25(32)22-12-11-21(15-24(22)31)35-17-19-7-3-4-13-30-19/h3-8,11-15H,2,9-10,16-17H2,1H3. The molecule has 4 rings (SSSR count). The van der Waals surface area contributed by atoms with E-state index in [9.17, 15) is 18.4 Å². The van der Waals surface area contributed by atoms with Gasteiger partial charge < -0.3 is 14.0 Å². The van der Waals surface area contributed by atoms with Crippen LogP contribution in [0.3, 0.4) is 0 Å². The Kier molecular flexibility index (Phi) is 7.50. The summed E-state index contributed by atoms with van der Waals surface area (Å²) in [5.41, 5.74) is 1.67. The van der Waals surface area contributed by atoms with Gasteiger partial charge in [-0.1, -0.05) is 18.2 Å². The van der Waals surface area contributed by atoms with Crippen LogP contribution >= 0.6 is 0 Å². The fraction of sp³-hybridized carbons (Fsp3) is 0.222. The average molecular weight is 478 g/mol. The van der Waals surface area contributed by atoms with Gasteiger partial charge in [-0.05, 0) is 55.7 Å². The molecule has 2 aromatic carbocycles. The van der Waals surface area contributed by atoms with Gasteiger partial charge in [0.15, 0.2) is 17.1 Å². The number of benzene rings is 2. The number of aryl methyl sites for hydroxylation is 2. The predicted octanol–water partition coefficient (Wildman–Crippen LogP) is 4.60. The number of aromatic nitrogens is 2. The van der Waals surface area contributed by atoms with E-state index in [-0.39, 0.29) is 43.6 Å². The number of halogens is 2. The Hall–Kier alpha value is -4.07. The number of rotatable bonds is 9. The average Bonchev–Trinajstić information content (AvgIpc) is 2.86. The van der Waals surface area contributed by atoms with E-state index in [2.05, 4.69) is 4.98 Å². The Morgan fingerprint density at radius 3 is 2.66 bits per heavy atom. The van der Waals surface area contributed by atoms with Crippen LogP contribution in [-0.2, 0) is 35.5 Å². The molecule has 0 amide bonds. The molecular weight excluding hydrogens is 454 g/mol. The Morgan fingerprint density at radius 2 is 1.89 bits per heavy atom. The highest BCUT2D eigenvalue weighted by Crippen LogP contribution is 2.23. The van der Waals surface area contributed by atoms with Gasteiger partial charge >= 0.3 is 5.97 Å². The molecule has 0 fully saturated rings. The number of esters is 1. The van der Waals surface area contributed by atoms with Crippen LogP contribution in [0.2, 0.25) is 0 Å². The molecule has 6 nitrogen and oxygen atoms in total. The lowest BCUT2D eigenvalue weighted by Gasteiger charge is -2.17. The number of ether oxygens (including phenoxy) is 2. The molecule has 35 heavy (non-hydrogen) atoms. The van der Waals surface area contributed by atoms with Gasteiger partial charge in [-0.3, -0.25) is 14.6 Å². The van der Waals surface area contributed by atoms with Gasteiger partial charge in [-0.15, -0.1) is 0 Å². The first kappa shape index (κ1) is 24.1. The molecule has 0 bridgehead atoms. The lowest BCUT2D eigenvalue weighted by atomic mass is 10.0. The molecule has 0 spiro atoms. The van der Waals surface area contributed by atoms with Crippen molar-refractivity contribution in [2.75, 3.05) is 6.61 Å². The summed E-state index contributed by atoms with van der Waals surface area (Å²) < 4.78 is 40.5. The van der Waals surface area contributed by atoms with Crippen LogP contribution in [0.1, 0.15) is 23.9 Å². The molecule has 0 aliphatic rings. The zero-order chi connectivity index (χ0) is 24.8. The highest BCUT2D eigenvalue weighted by Gasteiger charge is 2.16. The number of nitrogens with zero attached hydrogens (tertiary/aromatic N) is 2. The van der Waals surface area contributed by atoms with Crippen molar-refractivity contribution in [3.05, 3.63) is 106 Å². The lowest BCUT2D eigenvalue weighted by molar-refractivity contribution is -0.143. The van der Waals surface area contributed by atoms with Crippen molar-refractivity contribution in [1.82, 2.24) is 9.55 Å². The monoisotopic (exact) mass is 478 g/mol. The minimum absolute atomic E-state index is 0.144. The normalized spacial score (nSPS) is 10.9. The van der Waals surface area contributed by atoms with Gasteiger partial charge in [-0.25, -0.2) is 8.78 Å². The number of carbonyl (C=O) groups excluding carboxylic acids is 1. The van der Waals surface area contributed by atoms with E-state index in [1.54, 1.807) is 35.9 Å². The number of hydrogen-bond donors (Lipinski definition) is 0. The van der Waals surface area contributed by atoms with Crippen molar-refractivity contribution in [2.24, 2.45) is 0 Å². The van der Waals surface area contributed by atoms with E-state index in [0.717, 1.165) is 11.8 Å². The molecular formula is C27H24F2N2O4. The first-order valence-electron chi connectivity index (χ1n) is 11.2. The summed E-state index contributed by atoms with van der Waals surface area (Å²) in [4.78, 5) is 29.5. The van der Waals surface area contributed by atoms with Crippen molar-refractivity contribution >= 4 is 16.9 Å². The Bertz CT molecular complexity index is 1400. The molecule has 0 aliphatic heterocycles. The maximum absolute atomic E-state index is 14.2. The Balaban J connectivity index is 1.71. The van der Waals surface area contributed by atoms with Gasteiger partial charge in [-0.2, -0.15) is 0 Å². The molecule has 0 aliphatic carbocycles. The van der Waals surface area contributed by atoms with Crippen molar-refractivity contribution in [3.8, 4) is 5.75 Å². The maximum atomic E-state index is 14.2. The molecule has 0 atom stereocenters. The zero-order valence-corrected chi connectivity index (χ0v) is 19.2. The third kappa shape index (κ3) is 5.71. The van der Waals surface area contributed by atoms with E-state index in [0.29, 0.717) is 22.3 Å². The fourth-order valence-corrected chi connectivity index (χ4v) is 3.87. The lowest BCUT2D eigenvalue weighted by Crippen LogP contribution is -2.21. The largest absolute Gasteiger partial charge is 0.487 e. The van der Waals surface area contributed by atoms with Crippen LogP contribution in [-0.4, -0.2) is 22.1 Å². The van der Waals surface area contributed by atoms with Gasteiger partial charge in [0.25, 0.3) is 0 Å². The highest BCUT2D eigenvalue weighted by molar-refractivity contribution is 5.82. The highest BCUT2D eigenvalue weighted by atomic mass is 19.2. The molecule has 0 N–H and O–H groups in total. The van der Waals surface area contributed by atoms with E-state index in [1.165, 1.54) is 18.2 Å². The number of fused-ring (bicyclic) bond motifs is 1. The van der Waals surface area contributed by atoms with Gasteiger partial charge in [0.05, 0.1) is 17.8 Å². The molecule has 0 radical (unpaired) electrons. The van der Waals surface area contributed by atoms with Crippen LogP contribution in [0.15, 0.2) is 71.7 Å². The van der Waals surface area contributed by atoms with Crippen LogP contribution in [0.5, 0.6) is 5.75 Å². The second-order valence-electron chi connectivity index (χ2n) is 7.89. The molecule has 2 aromatic heterocycles. The Labute approximate surface area is 200 Å². The SMILES string of the molecule is CCOC(=O)Cn1c(CCc2cccc(F)c2F)cc(=O)c2ccc(OCc3ccccn3)cc21. The minimum atomic E-state index is -0.931. The Morgan fingerprint density at radius 1 is 1.03 bits per heavy atom. The second kappa shape index (κ2) is 10.9. The summed E-state index contributed by atoms with van der Waals surface area (Å²) in [5.74, 6) is -1.83. The third-order valence-electron chi connectivity index (χ3n) is 5.56. The summed E-state index contributed by atoms with van der Waals surface area (Å²) in [6.45, 7) is 2.00. The first-order chi connectivity index (χ1) is 17.0. The molecule has 2 heterocycles. The summed E-state index contributed by atoms with van der Waals surface area (Å²) in [6.07, 6.45) is 2.03. The fourth-order valence-electron chi connectivity index (χ4n) is 3.87. The van der Waals surface area contributed by atoms with Crippen molar-refractivity contribution in [1.29, 1.82) is 0 Å². The summed E-state index contributed by atoms with van der Waals surface area (Å²) in [6, 6.07) is 15.9. The van der Waals surface area contributed by atoms with Crippen LogP contribution in [0, 0.1) is 11.6 Å². The molecule has 4 aromatic rings. The molecule has 180 valence electrons. The van der Waals surface area contributed by atoms with E-state index in [4.69, 9.17) is 9.47 Å². The van der Waals surface area contributed by atoms with Crippen LogP contribution < -0.4 is 10.2 Å². The quantitative estimate of drug-likeness (QED) is 0.329. The van der Waals surface area contributed by atoms with Crippen LogP contribution in [0.25, 0.3) is 10.9 Å². The van der Waals surface area contributed by atoms with Gasteiger partial charge in [0, 0.05) is 29.4 Å². The topological polar surface area (TPSA) is 70.4 Å². The molecule has 0 unspecified atom stereocenters. The summed E-state index contributed by atoms with van der Waals surface area (Å²) in [7, 11) is 0. The van der Waals surface area contributed by atoms with Crippen molar-refractivity contribution < 1.29 is 23.0 Å². The first-order valence-corrected chi connectivity index (χ1v) is 11.2. The molecule has 0 saturated carbocycles. The summed E-state index contributed by atoms with van der Waals surface area (Å²) >= 11 is 0. The molecule has 8 heteroatoms. The van der Waals surface area contributed by atoms with E-state index in [1.807, 2.05) is 18.2 Å². The smallest absolute Gasteiger partial charge is 0.325 e. The predicted molar refractivity (Wildman–Crippen MR) is 127 cm³/mol. The third-order valence-corrected chi connectivity index (χ3v) is 5.56. The van der Waals surface area contributed by atoms with Crippen LogP contribution in [0.4, 0.5) is 8.78 Å². The van der Waals surface area contributed by atoms with Crippen molar-refractivity contribution in [3.63, 3.8) is 0 Å². The second-order valence-corrected chi connectivity index (χ2v) is 7.89. The maximum Gasteiger partial charge on any atom is 0.325 e. The van der Waals surface area contributed by atoms with Gasteiger partial charge in [0.1, 0.15) is 18.9 Å². The number of pyridine rings is 2.